The van der Waals surface area contributed by atoms with Crippen molar-refractivity contribution in [1.82, 2.24) is 25.0 Å². The molecular formula is C13H19N5O2S. The molecule has 114 valence electrons. The van der Waals surface area contributed by atoms with Crippen LogP contribution < -0.4 is 10.0 Å². The second kappa shape index (κ2) is 5.63. The van der Waals surface area contributed by atoms with E-state index < -0.39 is 16.1 Å². The predicted molar refractivity (Wildman–Crippen MR) is 78.0 cm³/mol. The number of nitrogens with one attached hydrogen (secondary N) is 4. The molecule has 3 rings (SSSR count). The largest absolute Gasteiger partial charge is 0.363 e. The maximum atomic E-state index is 12.3. The summed E-state index contributed by atoms with van der Waals surface area (Å²) in [6, 6.07) is 1.84. The van der Waals surface area contributed by atoms with Crippen molar-refractivity contribution in [3.05, 3.63) is 36.2 Å². The maximum absolute atomic E-state index is 12.3. The van der Waals surface area contributed by atoms with Gasteiger partial charge in [0.15, 0.2) is 0 Å². The molecule has 1 aliphatic rings. The molecule has 2 aromatic heterocycles. The van der Waals surface area contributed by atoms with E-state index >= 15 is 0 Å². The van der Waals surface area contributed by atoms with Gasteiger partial charge in [0.25, 0.3) is 0 Å². The summed E-state index contributed by atoms with van der Waals surface area (Å²) in [5.41, 5.74) is 0.868. The average Bonchev–Trinajstić information content (AvgIpc) is 2.96. The highest BCUT2D eigenvalue weighted by atomic mass is 32.2. The minimum Gasteiger partial charge on any atom is -0.363 e. The zero-order valence-electron chi connectivity index (χ0n) is 11.8. The van der Waals surface area contributed by atoms with Crippen LogP contribution in [0.1, 0.15) is 37.3 Å². The van der Waals surface area contributed by atoms with Gasteiger partial charge in [-0.05, 0) is 25.8 Å². The second-order valence-electron chi connectivity index (χ2n) is 5.33. The summed E-state index contributed by atoms with van der Waals surface area (Å²) in [4.78, 5) is 10.2. The number of hydrogen-bond acceptors (Lipinski definition) is 4. The van der Waals surface area contributed by atoms with Crippen LogP contribution in [0.5, 0.6) is 0 Å². The Kier molecular flexibility index (Phi) is 3.83. The highest BCUT2D eigenvalue weighted by Gasteiger charge is 2.22. The van der Waals surface area contributed by atoms with Gasteiger partial charge in [0, 0.05) is 36.9 Å². The fourth-order valence-electron chi connectivity index (χ4n) is 2.09. The van der Waals surface area contributed by atoms with Crippen molar-refractivity contribution in [3.63, 3.8) is 0 Å². The molecule has 0 bridgehead atoms. The van der Waals surface area contributed by atoms with E-state index in [1.54, 1.807) is 25.4 Å². The van der Waals surface area contributed by atoms with Crippen LogP contribution in [-0.4, -0.2) is 29.4 Å². The Morgan fingerprint density at radius 3 is 2.90 bits per heavy atom. The number of hydrogen-bond donors (Lipinski definition) is 4. The first-order chi connectivity index (χ1) is 10.0. The molecule has 0 spiro atoms. The van der Waals surface area contributed by atoms with E-state index in [9.17, 15) is 8.42 Å². The molecule has 21 heavy (non-hydrogen) atoms. The molecule has 0 saturated heterocycles. The molecule has 2 heterocycles. The van der Waals surface area contributed by atoms with E-state index in [1.165, 1.54) is 19.0 Å². The summed E-state index contributed by atoms with van der Waals surface area (Å²) >= 11 is 0. The van der Waals surface area contributed by atoms with Crippen molar-refractivity contribution in [2.24, 2.45) is 0 Å². The predicted octanol–water partition coefficient (Wildman–Crippen LogP) is 1.03. The summed E-state index contributed by atoms with van der Waals surface area (Å²) in [5.74, 6) is 0.588. The molecule has 7 nitrogen and oxygen atoms in total. The van der Waals surface area contributed by atoms with Gasteiger partial charge in [-0.2, -0.15) is 0 Å². The third-order valence-corrected chi connectivity index (χ3v) is 4.97. The number of rotatable bonds is 7. The number of imidazole rings is 1. The van der Waals surface area contributed by atoms with Crippen molar-refractivity contribution >= 4 is 10.0 Å². The topological polar surface area (TPSA) is 103 Å². The van der Waals surface area contributed by atoms with Crippen molar-refractivity contribution in [2.45, 2.75) is 43.3 Å². The van der Waals surface area contributed by atoms with Crippen molar-refractivity contribution in [3.8, 4) is 0 Å². The van der Waals surface area contributed by atoms with Gasteiger partial charge in [-0.15, -0.1) is 0 Å². The fourth-order valence-corrected chi connectivity index (χ4v) is 3.31. The first kappa shape index (κ1) is 14.3. The van der Waals surface area contributed by atoms with Crippen LogP contribution in [0.15, 0.2) is 29.6 Å². The molecule has 1 saturated carbocycles. The number of H-pyrrole nitrogens is 2. The lowest BCUT2D eigenvalue weighted by Gasteiger charge is -2.10. The molecular weight excluding hydrogens is 290 g/mol. The molecule has 0 aliphatic heterocycles. The Hall–Kier alpha value is -1.64. The van der Waals surface area contributed by atoms with Gasteiger partial charge in [0.1, 0.15) is 5.82 Å². The van der Waals surface area contributed by atoms with E-state index in [2.05, 4.69) is 25.0 Å². The molecule has 1 aliphatic carbocycles. The Morgan fingerprint density at radius 2 is 2.24 bits per heavy atom. The minimum absolute atomic E-state index is 0.244. The van der Waals surface area contributed by atoms with Gasteiger partial charge >= 0.3 is 0 Å². The van der Waals surface area contributed by atoms with Gasteiger partial charge in [-0.25, -0.2) is 18.1 Å². The molecule has 1 fully saturated rings. The molecule has 1 atom stereocenters. The molecule has 0 radical (unpaired) electrons. The van der Waals surface area contributed by atoms with Crippen LogP contribution in [-0.2, 0) is 16.6 Å². The number of aromatic nitrogens is 3. The van der Waals surface area contributed by atoms with Crippen LogP contribution in [0, 0.1) is 0 Å². The summed E-state index contributed by atoms with van der Waals surface area (Å²) in [6.07, 6.45) is 7.18. The first-order valence-electron chi connectivity index (χ1n) is 6.97. The fraction of sp³-hybridized carbons (Fsp3) is 0.462. The first-order valence-corrected chi connectivity index (χ1v) is 8.45. The third-order valence-electron chi connectivity index (χ3n) is 3.45. The van der Waals surface area contributed by atoms with Crippen molar-refractivity contribution in [2.75, 3.05) is 0 Å². The zero-order valence-corrected chi connectivity index (χ0v) is 12.6. The molecule has 1 unspecified atom stereocenters. The minimum atomic E-state index is -3.56. The monoisotopic (exact) mass is 309 g/mol. The maximum Gasteiger partial charge on any atom is 0.242 e. The van der Waals surface area contributed by atoms with Crippen LogP contribution in [0.3, 0.4) is 0 Å². The van der Waals surface area contributed by atoms with Crippen LogP contribution in [0.4, 0.5) is 0 Å². The summed E-state index contributed by atoms with van der Waals surface area (Å²) in [6.45, 7) is 2.41. The van der Waals surface area contributed by atoms with Crippen LogP contribution in [0.25, 0.3) is 0 Å². The lowest BCUT2D eigenvalue weighted by molar-refractivity contribution is 0.561. The quantitative estimate of drug-likeness (QED) is 0.613. The Balaban J connectivity index is 1.66. The molecule has 0 amide bonds. The Labute approximate surface area is 123 Å². The smallest absolute Gasteiger partial charge is 0.242 e. The lowest BCUT2D eigenvalue weighted by Crippen LogP contribution is -2.27. The zero-order chi connectivity index (χ0) is 14.9. The van der Waals surface area contributed by atoms with E-state index in [1.807, 2.05) is 0 Å². The highest BCUT2D eigenvalue weighted by molar-refractivity contribution is 7.89. The summed E-state index contributed by atoms with van der Waals surface area (Å²) in [7, 11) is -3.56. The van der Waals surface area contributed by atoms with Gasteiger partial charge in [0.2, 0.25) is 10.0 Å². The molecule has 8 heteroatoms. The normalized spacial score (nSPS) is 17.0. The second-order valence-corrected chi connectivity index (χ2v) is 7.05. The number of sulfonamides is 1. The Bertz CT molecular complexity index is 688. The van der Waals surface area contributed by atoms with Crippen LogP contribution >= 0.6 is 0 Å². The number of aromatic amines is 2. The summed E-state index contributed by atoms with van der Waals surface area (Å²) < 4.78 is 27.2. The van der Waals surface area contributed by atoms with Gasteiger partial charge in [-0.1, -0.05) is 0 Å². The molecule has 2 aromatic rings. The van der Waals surface area contributed by atoms with Crippen molar-refractivity contribution < 1.29 is 8.42 Å². The highest BCUT2D eigenvalue weighted by Crippen LogP contribution is 2.20. The summed E-state index contributed by atoms with van der Waals surface area (Å²) in [5, 5.41) is 3.34. The standard InChI is InChI=1S/C13H19N5O2S/c1-9(13-14-4-5-15-13)18-21(19,20)12-6-11(17-8-12)7-16-10-2-3-10/h4-6,8-10,16-18H,2-3,7H2,1H3,(H,14,15). The van der Waals surface area contributed by atoms with Gasteiger partial charge in [-0.3, -0.25) is 0 Å². The van der Waals surface area contributed by atoms with E-state index in [-0.39, 0.29) is 4.90 Å². The molecule has 4 N–H and O–H groups in total. The average molecular weight is 309 g/mol. The van der Waals surface area contributed by atoms with E-state index in [4.69, 9.17) is 0 Å². The van der Waals surface area contributed by atoms with E-state index in [0.717, 1.165) is 5.69 Å². The molecule has 0 aromatic carbocycles. The lowest BCUT2D eigenvalue weighted by atomic mass is 10.3. The SMILES string of the molecule is CC(NS(=O)(=O)c1c[nH]c(CNC2CC2)c1)c1ncc[nH]1. The Morgan fingerprint density at radius 1 is 1.43 bits per heavy atom. The van der Waals surface area contributed by atoms with Gasteiger partial charge in [0.05, 0.1) is 10.9 Å². The van der Waals surface area contributed by atoms with E-state index in [0.29, 0.717) is 18.4 Å². The van der Waals surface area contributed by atoms with Gasteiger partial charge < -0.3 is 15.3 Å². The van der Waals surface area contributed by atoms with Crippen LogP contribution in [0.2, 0.25) is 0 Å². The number of nitrogens with zero attached hydrogens (tertiary/aromatic N) is 1. The van der Waals surface area contributed by atoms with Crippen molar-refractivity contribution in [1.29, 1.82) is 0 Å². The third kappa shape index (κ3) is 3.52.